The van der Waals surface area contributed by atoms with E-state index in [-0.39, 0.29) is 11.6 Å². The second kappa shape index (κ2) is 5.56. The minimum absolute atomic E-state index is 0.0814. The Morgan fingerprint density at radius 1 is 1.47 bits per heavy atom. The number of hydrogen-bond acceptors (Lipinski definition) is 3. The summed E-state index contributed by atoms with van der Waals surface area (Å²) in [4.78, 5) is 10.9. The average Bonchev–Trinajstić information content (AvgIpc) is 2.91. The van der Waals surface area contributed by atoms with E-state index in [0.29, 0.717) is 5.69 Å². The number of nitrogens with one attached hydrogen (secondary N) is 1. The summed E-state index contributed by atoms with van der Waals surface area (Å²) in [5.41, 5.74) is 0.196. The Morgan fingerprint density at radius 3 is 2.84 bits per heavy atom. The van der Waals surface area contributed by atoms with Gasteiger partial charge in [-0.1, -0.05) is 6.92 Å². The molecule has 2 N–H and O–H groups in total. The molecule has 2 rings (SSSR count). The number of carboxylic acids is 1. The lowest BCUT2D eigenvalue weighted by Gasteiger charge is -2.16. The summed E-state index contributed by atoms with van der Waals surface area (Å²) in [7, 11) is 0. The fourth-order valence-corrected chi connectivity index (χ4v) is 1.84. The van der Waals surface area contributed by atoms with Crippen LogP contribution in [0.4, 0.5) is 10.1 Å². The van der Waals surface area contributed by atoms with Crippen molar-refractivity contribution in [1.29, 1.82) is 0 Å². The van der Waals surface area contributed by atoms with E-state index in [9.17, 15) is 9.18 Å². The van der Waals surface area contributed by atoms with E-state index in [1.807, 2.05) is 13.0 Å². The van der Waals surface area contributed by atoms with Crippen molar-refractivity contribution >= 4 is 11.7 Å². The Labute approximate surface area is 109 Å². The van der Waals surface area contributed by atoms with Crippen LogP contribution in [0.3, 0.4) is 0 Å². The zero-order valence-corrected chi connectivity index (χ0v) is 10.4. The summed E-state index contributed by atoms with van der Waals surface area (Å²) in [6.45, 7) is 1.97. The number of hydrogen-bond donors (Lipinski definition) is 2. The van der Waals surface area contributed by atoms with Gasteiger partial charge in [-0.2, -0.15) is 0 Å². The zero-order chi connectivity index (χ0) is 13.8. The lowest BCUT2D eigenvalue weighted by atomic mass is 10.1. The van der Waals surface area contributed by atoms with Gasteiger partial charge in [0.05, 0.1) is 17.9 Å². The molecule has 0 aliphatic rings. The van der Waals surface area contributed by atoms with E-state index in [4.69, 9.17) is 9.52 Å². The molecule has 0 aliphatic heterocycles. The molecule has 0 aliphatic carbocycles. The minimum atomic E-state index is -1.29. The van der Waals surface area contributed by atoms with Gasteiger partial charge in [0.15, 0.2) is 0 Å². The van der Waals surface area contributed by atoms with Gasteiger partial charge in [-0.05, 0) is 36.8 Å². The predicted molar refractivity (Wildman–Crippen MR) is 68.7 cm³/mol. The molecular formula is C14H14FNO3. The van der Waals surface area contributed by atoms with Gasteiger partial charge in [0.2, 0.25) is 0 Å². The second-order valence-electron chi connectivity index (χ2n) is 4.12. The highest BCUT2D eigenvalue weighted by molar-refractivity contribution is 5.89. The Balaban J connectivity index is 2.23. The van der Waals surface area contributed by atoms with Gasteiger partial charge in [0.25, 0.3) is 0 Å². The molecule has 1 aromatic heterocycles. The lowest BCUT2D eigenvalue weighted by molar-refractivity contribution is 0.0692. The molecule has 0 saturated heterocycles. The van der Waals surface area contributed by atoms with Crippen molar-refractivity contribution in [2.24, 2.45) is 0 Å². The van der Waals surface area contributed by atoms with Crippen LogP contribution in [0.15, 0.2) is 41.0 Å². The first kappa shape index (κ1) is 13.1. The van der Waals surface area contributed by atoms with Crippen molar-refractivity contribution in [3.05, 3.63) is 53.7 Å². The van der Waals surface area contributed by atoms with Crippen LogP contribution in [0.25, 0.3) is 0 Å². The van der Waals surface area contributed by atoms with Gasteiger partial charge >= 0.3 is 5.97 Å². The maximum absolute atomic E-state index is 13.3. The Hall–Kier alpha value is -2.30. The fraction of sp³-hybridized carbons (Fsp3) is 0.214. The molecule has 0 bridgehead atoms. The highest BCUT2D eigenvalue weighted by atomic mass is 19.1. The van der Waals surface area contributed by atoms with E-state index >= 15 is 0 Å². The van der Waals surface area contributed by atoms with Crippen molar-refractivity contribution in [2.45, 2.75) is 19.4 Å². The SMILES string of the molecule is CCC(Nc1ccc(F)c(C(=O)O)c1)c1ccco1. The van der Waals surface area contributed by atoms with Crippen molar-refractivity contribution in [1.82, 2.24) is 0 Å². The maximum Gasteiger partial charge on any atom is 0.338 e. The van der Waals surface area contributed by atoms with Gasteiger partial charge < -0.3 is 14.8 Å². The van der Waals surface area contributed by atoms with Crippen LogP contribution in [-0.4, -0.2) is 11.1 Å². The number of carbonyl (C=O) groups is 1. The standard InChI is InChI=1S/C14H14FNO3/c1-2-12(13-4-3-7-19-13)16-9-5-6-11(15)10(8-9)14(17)18/h3-8,12,16H,2H2,1H3,(H,17,18). The van der Waals surface area contributed by atoms with Crippen LogP contribution in [0, 0.1) is 5.82 Å². The molecule has 0 radical (unpaired) electrons. The predicted octanol–water partition coefficient (Wildman–Crippen LogP) is 3.68. The Morgan fingerprint density at radius 2 is 2.26 bits per heavy atom. The molecule has 0 amide bonds. The van der Waals surface area contributed by atoms with Crippen molar-refractivity contribution in [3.63, 3.8) is 0 Å². The number of anilines is 1. The summed E-state index contributed by atoms with van der Waals surface area (Å²) in [6.07, 6.45) is 2.33. The van der Waals surface area contributed by atoms with Crippen LogP contribution in [0.1, 0.15) is 35.5 Å². The topological polar surface area (TPSA) is 62.5 Å². The Kier molecular flexibility index (Phi) is 3.85. The molecule has 1 atom stereocenters. The molecule has 1 unspecified atom stereocenters. The van der Waals surface area contributed by atoms with Crippen molar-refractivity contribution in [3.8, 4) is 0 Å². The molecule has 0 saturated carbocycles. The third-order valence-electron chi connectivity index (χ3n) is 2.83. The number of benzene rings is 1. The first-order chi connectivity index (χ1) is 9.11. The van der Waals surface area contributed by atoms with Gasteiger partial charge in [-0.3, -0.25) is 0 Å². The van der Waals surface area contributed by atoms with E-state index in [0.717, 1.165) is 18.2 Å². The van der Waals surface area contributed by atoms with Crippen LogP contribution in [0.5, 0.6) is 0 Å². The van der Waals surface area contributed by atoms with Gasteiger partial charge in [-0.15, -0.1) is 0 Å². The molecule has 0 spiro atoms. The Bertz CT molecular complexity index is 566. The molecular weight excluding hydrogens is 249 g/mol. The number of aromatic carboxylic acids is 1. The zero-order valence-electron chi connectivity index (χ0n) is 10.4. The summed E-state index contributed by atoms with van der Waals surface area (Å²) < 4.78 is 18.6. The van der Waals surface area contributed by atoms with E-state index in [2.05, 4.69) is 5.32 Å². The number of furan rings is 1. The minimum Gasteiger partial charge on any atom is -0.478 e. The summed E-state index contributed by atoms with van der Waals surface area (Å²) in [5.74, 6) is -1.28. The van der Waals surface area contributed by atoms with Crippen LogP contribution in [0.2, 0.25) is 0 Å². The lowest BCUT2D eigenvalue weighted by Crippen LogP contribution is -2.10. The quantitative estimate of drug-likeness (QED) is 0.863. The molecule has 0 fully saturated rings. The molecule has 4 nitrogen and oxygen atoms in total. The van der Waals surface area contributed by atoms with Crippen molar-refractivity contribution < 1.29 is 18.7 Å². The molecule has 19 heavy (non-hydrogen) atoms. The molecule has 2 aromatic rings. The third-order valence-corrected chi connectivity index (χ3v) is 2.83. The van der Waals surface area contributed by atoms with Gasteiger partial charge in [0.1, 0.15) is 11.6 Å². The summed E-state index contributed by atoms with van der Waals surface area (Å²) in [6, 6.07) is 7.47. The fourth-order valence-electron chi connectivity index (χ4n) is 1.84. The highest BCUT2D eigenvalue weighted by Gasteiger charge is 2.15. The third kappa shape index (κ3) is 2.93. The normalized spacial score (nSPS) is 12.1. The first-order valence-electron chi connectivity index (χ1n) is 5.94. The highest BCUT2D eigenvalue weighted by Crippen LogP contribution is 2.24. The van der Waals surface area contributed by atoms with Crippen LogP contribution in [-0.2, 0) is 0 Å². The average molecular weight is 263 g/mol. The summed E-state index contributed by atoms with van der Waals surface area (Å²) in [5, 5.41) is 12.0. The van der Waals surface area contributed by atoms with E-state index in [1.54, 1.807) is 12.3 Å². The first-order valence-corrected chi connectivity index (χ1v) is 5.94. The molecule has 1 heterocycles. The van der Waals surface area contributed by atoms with Crippen LogP contribution >= 0.6 is 0 Å². The van der Waals surface area contributed by atoms with Gasteiger partial charge in [-0.25, -0.2) is 9.18 Å². The number of carboxylic acid groups (broad SMARTS) is 1. The summed E-state index contributed by atoms with van der Waals surface area (Å²) >= 11 is 0. The molecule has 5 heteroatoms. The molecule has 100 valence electrons. The number of rotatable bonds is 5. The monoisotopic (exact) mass is 263 g/mol. The van der Waals surface area contributed by atoms with Crippen LogP contribution < -0.4 is 5.32 Å². The van der Waals surface area contributed by atoms with Crippen molar-refractivity contribution in [2.75, 3.05) is 5.32 Å². The largest absolute Gasteiger partial charge is 0.478 e. The molecule has 1 aromatic carbocycles. The second-order valence-corrected chi connectivity index (χ2v) is 4.12. The smallest absolute Gasteiger partial charge is 0.338 e. The number of halogens is 1. The van der Waals surface area contributed by atoms with E-state index < -0.39 is 11.8 Å². The maximum atomic E-state index is 13.3. The van der Waals surface area contributed by atoms with E-state index in [1.165, 1.54) is 12.1 Å². The van der Waals surface area contributed by atoms with Gasteiger partial charge in [0, 0.05) is 5.69 Å².